The van der Waals surface area contributed by atoms with Crippen LogP contribution >= 0.6 is 0 Å². The second-order valence-corrected chi connectivity index (χ2v) is 8.24. The zero-order chi connectivity index (χ0) is 20.1. The van der Waals surface area contributed by atoms with E-state index in [1.54, 1.807) is 0 Å². The summed E-state index contributed by atoms with van der Waals surface area (Å²) in [5, 5.41) is 0. The molecule has 0 aliphatic carbocycles. The quantitative estimate of drug-likeness (QED) is 0.673. The molecule has 2 aliphatic heterocycles. The van der Waals surface area contributed by atoms with Gasteiger partial charge in [-0.1, -0.05) is 0 Å². The number of carbonyl (C=O) groups is 1. The Labute approximate surface area is 170 Å². The van der Waals surface area contributed by atoms with Crippen LogP contribution in [0.3, 0.4) is 0 Å². The molecule has 1 atom stereocenters. The highest BCUT2D eigenvalue weighted by Gasteiger charge is 2.28. The predicted molar refractivity (Wildman–Crippen MR) is 111 cm³/mol. The molecule has 0 radical (unpaired) electrons. The summed E-state index contributed by atoms with van der Waals surface area (Å²) in [6.45, 7) is 4.32. The Kier molecular flexibility index (Phi) is 4.35. The number of rotatable bonds is 2. The minimum absolute atomic E-state index is 0.0421. The number of fused-ring (bicyclic) bond motifs is 2. The largest absolute Gasteiger partial charge is 0.334 e. The first kappa shape index (κ1) is 18.2. The monoisotopic (exact) mass is 390 g/mol. The van der Waals surface area contributed by atoms with Gasteiger partial charge in [0.1, 0.15) is 11.6 Å². The van der Waals surface area contributed by atoms with E-state index in [1.165, 1.54) is 6.42 Å². The summed E-state index contributed by atoms with van der Waals surface area (Å²) in [7, 11) is 4.13. The van der Waals surface area contributed by atoms with Crippen LogP contribution in [0.1, 0.15) is 52.1 Å². The molecule has 7 heteroatoms. The summed E-state index contributed by atoms with van der Waals surface area (Å²) in [4.78, 5) is 31.4. The van der Waals surface area contributed by atoms with E-state index in [0.717, 1.165) is 53.3 Å². The third kappa shape index (κ3) is 3.09. The van der Waals surface area contributed by atoms with E-state index in [4.69, 9.17) is 4.98 Å². The SMILES string of the molecule is Cc1nc2cc(C(=O)N3CCc4nc(C5CCCN5C)ncc4C3)ccc2n1C. The Morgan fingerprint density at radius 3 is 2.83 bits per heavy atom. The summed E-state index contributed by atoms with van der Waals surface area (Å²) in [5.41, 5.74) is 4.74. The van der Waals surface area contributed by atoms with Crippen molar-refractivity contribution in [3.8, 4) is 0 Å². The average molecular weight is 390 g/mol. The molecule has 0 N–H and O–H groups in total. The lowest BCUT2D eigenvalue weighted by molar-refractivity contribution is 0.0733. The minimum atomic E-state index is 0.0421. The van der Waals surface area contributed by atoms with Gasteiger partial charge in [-0.2, -0.15) is 0 Å². The summed E-state index contributed by atoms with van der Waals surface area (Å²) < 4.78 is 2.04. The molecule has 1 aromatic carbocycles. The number of amides is 1. The Hall–Kier alpha value is -2.80. The average Bonchev–Trinajstić information content (AvgIpc) is 3.29. The van der Waals surface area contributed by atoms with Gasteiger partial charge >= 0.3 is 0 Å². The molecular formula is C22H26N6O. The van der Waals surface area contributed by atoms with Crippen LogP contribution in [-0.4, -0.2) is 55.4 Å². The first-order valence-corrected chi connectivity index (χ1v) is 10.3. The molecule has 1 amide bonds. The fourth-order valence-corrected chi connectivity index (χ4v) is 4.54. The number of aryl methyl sites for hydroxylation is 2. The lowest BCUT2D eigenvalue weighted by Gasteiger charge is -2.29. The van der Waals surface area contributed by atoms with Crippen LogP contribution in [0.4, 0.5) is 0 Å². The normalized spacial score (nSPS) is 19.7. The number of carbonyl (C=O) groups excluding carboxylic acids is 1. The summed E-state index contributed by atoms with van der Waals surface area (Å²) in [6.07, 6.45) is 5.02. The molecule has 150 valence electrons. The minimum Gasteiger partial charge on any atom is -0.334 e. The maximum absolute atomic E-state index is 13.1. The number of hydrogen-bond acceptors (Lipinski definition) is 5. The molecule has 1 unspecified atom stereocenters. The number of benzene rings is 1. The number of hydrogen-bond donors (Lipinski definition) is 0. The van der Waals surface area contributed by atoms with Gasteiger partial charge in [0.05, 0.1) is 22.8 Å². The Balaban J connectivity index is 1.37. The number of imidazole rings is 1. The van der Waals surface area contributed by atoms with Crippen molar-refractivity contribution in [2.45, 2.75) is 38.8 Å². The molecule has 29 heavy (non-hydrogen) atoms. The van der Waals surface area contributed by atoms with Crippen LogP contribution in [-0.2, 0) is 20.0 Å². The van der Waals surface area contributed by atoms with Crippen LogP contribution in [0.25, 0.3) is 11.0 Å². The van der Waals surface area contributed by atoms with Gasteiger partial charge in [-0.3, -0.25) is 9.69 Å². The Bertz CT molecular complexity index is 1100. The van der Waals surface area contributed by atoms with E-state index in [0.29, 0.717) is 24.7 Å². The van der Waals surface area contributed by atoms with Gasteiger partial charge in [0.25, 0.3) is 5.91 Å². The summed E-state index contributed by atoms with van der Waals surface area (Å²) in [6, 6.07) is 6.11. The second kappa shape index (κ2) is 6.91. The van der Waals surface area contributed by atoms with Crippen molar-refractivity contribution in [2.24, 2.45) is 7.05 Å². The maximum Gasteiger partial charge on any atom is 0.254 e. The summed E-state index contributed by atoms with van der Waals surface area (Å²) >= 11 is 0. The molecule has 1 fully saturated rings. The molecule has 3 aromatic rings. The van der Waals surface area contributed by atoms with Crippen LogP contribution in [0.2, 0.25) is 0 Å². The highest BCUT2D eigenvalue weighted by Crippen LogP contribution is 2.29. The number of nitrogens with zero attached hydrogens (tertiary/aromatic N) is 6. The molecule has 7 nitrogen and oxygen atoms in total. The van der Waals surface area contributed by atoms with Crippen LogP contribution in [0, 0.1) is 6.92 Å². The topological polar surface area (TPSA) is 67.2 Å². The smallest absolute Gasteiger partial charge is 0.254 e. The molecule has 4 heterocycles. The van der Waals surface area contributed by atoms with E-state index in [9.17, 15) is 4.79 Å². The maximum atomic E-state index is 13.1. The molecule has 0 bridgehead atoms. The molecule has 1 saturated heterocycles. The fraction of sp³-hybridized carbons (Fsp3) is 0.455. The second-order valence-electron chi connectivity index (χ2n) is 8.24. The Morgan fingerprint density at radius 2 is 2.03 bits per heavy atom. The fourth-order valence-electron chi connectivity index (χ4n) is 4.54. The molecular weight excluding hydrogens is 364 g/mol. The molecule has 0 spiro atoms. The van der Waals surface area contributed by atoms with Gasteiger partial charge in [-0.15, -0.1) is 0 Å². The van der Waals surface area contributed by atoms with E-state index >= 15 is 0 Å². The van der Waals surface area contributed by atoms with Gasteiger partial charge in [0, 0.05) is 43.9 Å². The Morgan fingerprint density at radius 1 is 1.17 bits per heavy atom. The van der Waals surface area contributed by atoms with Crippen molar-refractivity contribution >= 4 is 16.9 Å². The van der Waals surface area contributed by atoms with Crippen molar-refractivity contribution in [1.29, 1.82) is 0 Å². The predicted octanol–water partition coefficient (Wildman–Crippen LogP) is 2.64. The molecule has 2 aliphatic rings. The van der Waals surface area contributed by atoms with Gasteiger partial charge in [0.15, 0.2) is 0 Å². The van der Waals surface area contributed by atoms with Gasteiger partial charge in [-0.25, -0.2) is 15.0 Å². The van der Waals surface area contributed by atoms with Crippen molar-refractivity contribution in [3.63, 3.8) is 0 Å². The van der Waals surface area contributed by atoms with Crippen molar-refractivity contribution in [1.82, 2.24) is 29.3 Å². The van der Waals surface area contributed by atoms with Crippen molar-refractivity contribution in [2.75, 3.05) is 20.1 Å². The lowest BCUT2D eigenvalue weighted by atomic mass is 10.0. The number of likely N-dealkylation sites (tertiary alicyclic amines) is 1. The van der Waals surface area contributed by atoms with Gasteiger partial charge < -0.3 is 9.47 Å². The van der Waals surface area contributed by atoms with E-state index in [1.807, 2.05) is 47.8 Å². The lowest BCUT2D eigenvalue weighted by Crippen LogP contribution is -2.36. The molecule has 0 saturated carbocycles. The molecule has 2 aromatic heterocycles. The van der Waals surface area contributed by atoms with Gasteiger partial charge in [0.2, 0.25) is 0 Å². The van der Waals surface area contributed by atoms with Crippen LogP contribution < -0.4 is 0 Å². The van der Waals surface area contributed by atoms with Crippen LogP contribution in [0.5, 0.6) is 0 Å². The van der Waals surface area contributed by atoms with E-state index in [2.05, 4.69) is 21.9 Å². The first-order valence-electron chi connectivity index (χ1n) is 10.3. The highest BCUT2D eigenvalue weighted by atomic mass is 16.2. The third-order valence-electron chi connectivity index (χ3n) is 6.41. The molecule has 5 rings (SSSR count). The first-order chi connectivity index (χ1) is 14.0. The van der Waals surface area contributed by atoms with E-state index in [-0.39, 0.29) is 5.91 Å². The van der Waals surface area contributed by atoms with E-state index < -0.39 is 0 Å². The van der Waals surface area contributed by atoms with Crippen molar-refractivity contribution < 1.29 is 4.79 Å². The number of aromatic nitrogens is 4. The third-order valence-corrected chi connectivity index (χ3v) is 6.41. The zero-order valence-corrected chi connectivity index (χ0v) is 17.2. The van der Waals surface area contributed by atoms with Gasteiger partial charge in [-0.05, 0) is 51.6 Å². The van der Waals surface area contributed by atoms with Crippen LogP contribution in [0.15, 0.2) is 24.4 Å². The van der Waals surface area contributed by atoms with Crippen molar-refractivity contribution in [3.05, 3.63) is 52.9 Å². The standard InChI is InChI=1S/C22H26N6O/c1-14-24-18-11-15(6-7-19(18)27(14)3)22(29)28-10-8-17-16(13-28)12-23-21(25-17)20-5-4-9-26(20)2/h6-7,11-12,20H,4-5,8-10,13H2,1-3H3. The zero-order valence-electron chi connectivity index (χ0n) is 17.2. The highest BCUT2D eigenvalue weighted by molar-refractivity contribution is 5.97. The summed E-state index contributed by atoms with van der Waals surface area (Å²) in [5.74, 6) is 1.91.